The number of rotatable bonds is 7. The fraction of sp³-hybridized carbons (Fsp3) is 0.583. The topological polar surface area (TPSA) is 46.7 Å². The van der Waals surface area contributed by atoms with Crippen LogP contribution < -0.4 is 10.2 Å². The highest BCUT2D eigenvalue weighted by atomic mass is 16.3. The van der Waals surface area contributed by atoms with Crippen molar-refractivity contribution in [3.8, 4) is 0 Å². The van der Waals surface area contributed by atoms with Crippen molar-refractivity contribution in [1.82, 2.24) is 5.32 Å². The van der Waals surface area contributed by atoms with E-state index in [4.69, 9.17) is 4.42 Å². The minimum atomic E-state index is -0.125. The molecule has 1 amide bonds. The van der Waals surface area contributed by atoms with E-state index in [1.165, 1.54) is 6.26 Å². The zero-order chi connectivity index (χ0) is 11.8. The summed E-state index contributed by atoms with van der Waals surface area (Å²) < 4.78 is 5.00. The molecule has 4 heteroatoms. The van der Waals surface area contributed by atoms with E-state index < -0.39 is 0 Å². The Hall–Kier alpha value is -1.29. The Kier molecular flexibility index (Phi) is 5.64. The van der Waals surface area contributed by atoms with Crippen LogP contribution in [-0.4, -0.2) is 32.1 Å². The summed E-state index contributed by atoms with van der Waals surface area (Å²) in [5.74, 6) is 0.259. The van der Waals surface area contributed by atoms with Crippen LogP contribution in [0.4, 0.5) is 0 Å². The molecule has 1 aromatic heterocycles. The summed E-state index contributed by atoms with van der Waals surface area (Å²) in [5.41, 5.74) is 0. The number of amides is 1. The Bertz CT molecular complexity index is 292. The van der Waals surface area contributed by atoms with Crippen molar-refractivity contribution in [2.24, 2.45) is 0 Å². The van der Waals surface area contributed by atoms with E-state index in [1.807, 2.05) is 0 Å². The first-order valence-corrected chi connectivity index (χ1v) is 5.93. The van der Waals surface area contributed by atoms with Gasteiger partial charge in [-0.2, -0.15) is 0 Å². The van der Waals surface area contributed by atoms with Gasteiger partial charge >= 0.3 is 0 Å². The fourth-order valence-corrected chi connectivity index (χ4v) is 1.64. The number of hydrogen-bond donors (Lipinski definition) is 2. The van der Waals surface area contributed by atoms with Crippen LogP contribution >= 0.6 is 0 Å². The van der Waals surface area contributed by atoms with Gasteiger partial charge in [-0.3, -0.25) is 4.79 Å². The summed E-state index contributed by atoms with van der Waals surface area (Å²) in [5, 5.41) is 2.84. The second-order valence-corrected chi connectivity index (χ2v) is 3.79. The van der Waals surface area contributed by atoms with Crippen LogP contribution in [0.1, 0.15) is 30.8 Å². The second-order valence-electron chi connectivity index (χ2n) is 3.79. The van der Waals surface area contributed by atoms with Crippen molar-refractivity contribution in [3.05, 3.63) is 24.2 Å². The number of nitrogens with one attached hydrogen (secondary N) is 2. The van der Waals surface area contributed by atoms with Gasteiger partial charge in [0.05, 0.1) is 25.9 Å². The lowest BCUT2D eigenvalue weighted by Gasteiger charge is -2.14. The molecule has 0 spiro atoms. The Balaban J connectivity index is 2.14. The highest BCUT2D eigenvalue weighted by molar-refractivity contribution is 5.91. The van der Waals surface area contributed by atoms with E-state index in [9.17, 15) is 4.79 Å². The third kappa shape index (κ3) is 4.06. The van der Waals surface area contributed by atoms with Gasteiger partial charge in [0.1, 0.15) is 0 Å². The van der Waals surface area contributed by atoms with E-state index >= 15 is 0 Å². The number of carbonyl (C=O) groups is 1. The van der Waals surface area contributed by atoms with Gasteiger partial charge in [-0.1, -0.05) is 0 Å². The Labute approximate surface area is 96.6 Å². The maximum absolute atomic E-state index is 11.5. The van der Waals surface area contributed by atoms with E-state index in [0.29, 0.717) is 12.3 Å². The molecule has 0 aromatic carbocycles. The van der Waals surface area contributed by atoms with E-state index in [-0.39, 0.29) is 5.91 Å². The molecule has 1 rings (SSSR count). The summed E-state index contributed by atoms with van der Waals surface area (Å²) in [6, 6.07) is 3.39. The molecule has 0 bridgehead atoms. The first-order chi connectivity index (χ1) is 7.77. The predicted octanol–water partition coefficient (Wildman–Crippen LogP) is 0.324. The molecule has 0 atom stereocenters. The molecule has 0 aliphatic heterocycles. The average molecular weight is 225 g/mol. The maximum atomic E-state index is 11.5. The lowest BCUT2D eigenvalue weighted by molar-refractivity contribution is -0.896. The molecule has 1 aromatic rings. The molecule has 0 unspecified atom stereocenters. The van der Waals surface area contributed by atoms with Crippen molar-refractivity contribution in [2.45, 2.75) is 20.3 Å². The molecule has 0 aliphatic rings. The van der Waals surface area contributed by atoms with Crippen LogP contribution in [0, 0.1) is 0 Å². The van der Waals surface area contributed by atoms with Gasteiger partial charge in [0.15, 0.2) is 5.76 Å². The zero-order valence-electron chi connectivity index (χ0n) is 10.1. The standard InChI is InChI=1S/C12H20N2O2/c1-3-14(4-2)9-6-8-13-12(15)11-7-5-10-16-11/h5,7,10H,3-4,6,8-9H2,1-2H3,(H,13,15)/p+1. The summed E-state index contributed by atoms with van der Waals surface area (Å²) in [6.45, 7) is 8.46. The minimum absolute atomic E-state index is 0.125. The lowest BCUT2D eigenvalue weighted by Crippen LogP contribution is -3.11. The Morgan fingerprint density at radius 1 is 1.44 bits per heavy atom. The third-order valence-electron chi connectivity index (χ3n) is 2.74. The first-order valence-electron chi connectivity index (χ1n) is 5.93. The Morgan fingerprint density at radius 3 is 2.75 bits per heavy atom. The SMILES string of the molecule is CC[NH+](CC)CCCNC(=O)c1ccco1. The molecule has 0 radical (unpaired) electrons. The molecule has 4 nitrogen and oxygen atoms in total. The van der Waals surface area contributed by atoms with Crippen LogP contribution in [0.2, 0.25) is 0 Å². The third-order valence-corrected chi connectivity index (χ3v) is 2.74. The highest BCUT2D eigenvalue weighted by Crippen LogP contribution is 1.98. The van der Waals surface area contributed by atoms with Gasteiger partial charge in [-0.25, -0.2) is 0 Å². The number of hydrogen-bond acceptors (Lipinski definition) is 2. The van der Waals surface area contributed by atoms with Gasteiger partial charge in [-0.15, -0.1) is 0 Å². The quantitative estimate of drug-likeness (QED) is 0.657. The van der Waals surface area contributed by atoms with E-state index in [1.54, 1.807) is 17.0 Å². The molecular weight excluding hydrogens is 204 g/mol. The first kappa shape index (κ1) is 12.8. The average Bonchev–Trinajstić information content (AvgIpc) is 2.82. The molecule has 0 aliphatic carbocycles. The smallest absolute Gasteiger partial charge is 0.286 e. The van der Waals surface area contributed by atoms with Crippen LogP contribution in [0.3, 0.4) is 0 Å². The second kappa shape index (κ2) is 7.06. The highest BCUT2D eigenvalue weighted by Gasteiger charge is 2.07. The van der Waals surface area contributed by atoms with Gasteiger partial charge in [0, 0.05) is 13.0 Å². The van der Waals surface area contributed by atoms with Gasteiger partial charge in [0.25, 0.3) is 5.91 Å². The van der Waals surface area contributed by atoms with E-state index in [2.05, 4.69) is 19.2 Å². The zero-order valence-corrected chi connectivity index (χ0v) is 10.1. The summed E-state index contributed by atoms with van der Waals surface area (Å²) in [6.07, 6.45) is 2.51. The summed E-state index contributed by atoms with van der Waals surface area (Å²) >= 11 is 0. The molecule has 2 N–H and O–H groups in total. The molecule has 0 fully saturated rings. The minimum Gasteiger partial charge on any atom is -0.459 e. The van der Waals surface area contributed by atoms with Crippen molar-refractivity contribution >= 4 is 5.91 Å². The summed E-state index contributed by atoms with van der Waals surface area (Å²) in [7, 11) is 0. The largest absolute Gasteiger partial charge is 0.459 e. The Morgan fingerprint density at radius 2 is 2.19 bits per heavy atom. The molecular formula is C12H21N2O2+. The molecule has 90 valence electrons. The van der Waals surface area contributed by atoms with Crippen LogP contribution in [0.5, 0.6) is 0 Å². The molecule has 1 heterocycles. The molecule has 16 heavy (non-hydrogen) atoms. The number of carbonyl (C=O) groups excluding carboxylic acids is 1. The number of furan rings is 1. The molecule has 0 saturated heterocycles. The monoisotopic (exact) mass is 225 g/mol. The van der Waals surface area contributed by atoms with Crippen molar-refractivity contribution in [3.63, 3.8) is 0 Å². The van der Waals surface area contributed by atoms with E-state index in [0.717, 1.165) is 26.1 Å². The fourth-order valence-electron chi connectivity index (χ4n) is 1.64. The van der Waals surface area contributed by atoms with Crippen LogP contribution in [-0.2, 0) is 0 Å². The normalized spacial score (nSPS) is 10.7. The van der Waals surface area contributed by atoms with Gasteiger partial charge in [-0.05, 0) is 26.0 Å². The molecule has 0 saturated carbocycles. The van der Waals surface area contributed by atoms with Gasteiger partial charge < -0.3 is 14.6 Å². The lowest BCUT2D eigenvalue weighted by atomic mass is 10.3. The van der Waals surface area contributed by atoms with Gasteiger partial charge in [0.2, 0.25) is 0 Å². The van der Waals surface area contributed by atoms with Crippen LogP contribution in [0.15, 0.2) is 22.8 Å². The van der Waals surface area contributed by atoms with Crippen molar-refractivity contribution in [1.29, 1.82) is 0 Å². The predicted molar refractivity (Wildman–Crippen MR) is 62.6 cm³/mol. The van der Waals surface area contributed by atoms with Crippen molar-refractivity contribution < 1.29 is 14.1 Å². The van der Waals surface area contributed by atoms with Crippen molar-refractivity contribution in [2.75, 3.05) is 26.2 Å². The summed E-state index contributed by atoms with van der Waals surface area (Å²) in [4.78, 5) is 13.0. The maximum Gasteiger partial charge on any atom is 0.286 e. The number of quaternary nitrogens is 1. The van der Waals surface area contributed by atoms with Crippen LogP contribution in [0.25, 0.3) is 0 Å².